The van der Waals surface area contributed by atoms with Gasteiger partial charge in [0.05, 0.1) is 28.4 Å². The minimum absolute atomic E-state index is 0.0976. The van der Waals surface area contributed by atoms with Crippen LogP contribution in [0, 0.1) is 11.6 Å². The molecule has 1 aromatic heterocycles. The Bertz CT molecular complexity index is 1170. The molecule has 0 saturated heterocycles. The molecule has 0 aliphatic heterocycles. The number of rotatable bonds is 4. The Labute approximate surface area is 170 Å². The van der Waals surface area contributed by atoms with E-state index in [1.165, 1.54) is 6.92 Å². The van der Waals surface area contributed by atoms with Crippen molar-refractivity contribution in [3.63, 3.8) is 0 Å². The summed E-state index contributed by atoms with van der Waals surface area (Å²) >= 11 is 5.61. The van der Waals surface area contributed by atoms with Gasteiger partial charge in [-0.2, -0.15) is 13.2 Å². The summed E-state index contributed by atoms with van der Waals surface area (Å²) < 4.78 is 72.5. The number of carbonyl (C=O) groups excluding carboxylic acids is 1. The lowest BCUT2D eigenvalue weighted by atomic mass is 10.1. The van der Waals surface area contributed by atoms with Crippen LogP contribution < -0.4 is 5.73 Å². The maximum atomic E-state index is 13.7. The molecule has 0 spiro atoms. The Morgan fingerprint density at radius 1 is 1.20 bits per heavy atom. The number of hydrogen-bond donors (Lipinski definition) is 1. The molecule has 0 aliphatic carbocycles. The van der Waals surface area contributed by atoms with Gasteiger partial charge < -0.3 is 10.5 Å². The standard InChI is InChI=1S/C18H12ClF5N4O2/c1-2-30-17(29)16(28-14-7-12(21)11(20)6-13(14)26-27-28)15(25)8-3-4-10(19)9(5-8)18(22,23)24/h3-7H,2,25H2,1H3/b16-15+. The van der Waals surface area contributed by atoms with Gasteiger partial charge in [-0.1, -0.05) is 22.9 Å². The summed E-state index contributed by atoms with van der Waals surface area (Å²) in [5, 5.41) is 6.73. The second-order valence-corrected chi connectivity index (χ2v) is 6.34. The first-order chi connectivity index (χ1) is 14.0. The zero-order valence-corrected chi connectivity index (χ0v) is 15.9. The third-order valence-electron chi connectivity index (χ3n) is 4.01. The Morgan fingerprint density at radius 3 is 2.50 bits per heavy atom. The largest absolute Gasteiger partial charge is 0.461 e. The van der Waals surface area contributed by atoms with Gasteiger partial charge >= 0.3 is 12.1 Å². The predicted molar refractivity (Wildman–Crippen MR) is 97.8 cm³/mol. The van der Waals surface area contributed by atoms with Crippen LogP contribution in [-0.2, 0) is 15.7 Å². The van der Waals surface area contributed by atoms with Gasteiger partial charge in [-0.15, -0.1) is 5.10 Å². The van der Waals surface area contributed by atoms with Crippen molar-refractivity contribution in [2.24, 2.45) is 5.73 Å². The van der Waals surface area contributed by atoms with Gasteiger partial charge in [0.2, 0.25) is 0 Å². The van der Waals surface area contributed by atoms with E-state index in [-0.39, 0.29) is 23.2 Å². The molecule has 0 unspecified atom stereocenters. The van der Waals surface area contributed by atoms with Crippen molar-refractivity contribution >= 4 is 40.0 Å². The maximum absolute atomic E-state index is 13.7. The van der Waals surface area contributed by atoms with Crippen LogP contribution in [0.1, 0.15) is 18.1 Å². The number of nitrogens with two attached hydrogens (primary N) is 1. The van der Waals surface area contributed by atoms with Crippen molar-refractivity contribution < 1.29 is 31.5 Å². The fourth-order valence-corrected chi connectivity index (χ4v) is 2.86. The van der Waals surface area contributed by atoms with Gasteiger partial charge in [-0.25, -0.2) is 18.3 Å². The van der Waals surface area contributed by atoms with Crippen molar-refractivity contribution in [3.05, 3.63) is 58.1 Å². The van der Waals surface area contributed by atoms with Crippen molar-refractivity contribution in [3.8, 4) is 0 Å². The van der Waals surface area contributed by atoms with Gasteiger partial charge in [-0.05, 0) is 19.1 Å². The van der Waals surface area contributed by atoms with Crippen molar-refractivity contribution in [1.82, 2.24) is 15.0 Å². The van der Waals surface area contributed by atoms with Crippen molar-refractivity contribution in [1.29, 1.82) is 0 Å². The topological polar surface area (TPSA) is 83.0 Å². The first-order valence-electron chi connectivity index (χ1n) is 8.29. The Hall–Kier alpha value is -3.21. The zero-order valence-electron chi connectivity index (χ0n) is 15.1. The fourth-order valence-electron chi connectivity index (χ4n) is 2.64. The van der Waals surface area contributed by atoms with Crippen molar-refractivity contribution in [2.75, 3.05) is 6.61 Å². The highest BCUT2D eigenvalue weighted by atomic mass is 35.5. The van der Waals surface area contributed by atoms with E-state index in [9.17, 15) is 26.7 Å². The fraction of sp³-hybridized carbons (Fsp3) is 0.167. The Balaban J connectivity index is 2.29. The number of hydrogen-bond acceptors (Lipinski definition) is 5. The maximum Gasteiger partial charge on any atom is 0.417 e. The van der Waals surface area contributed by atoms with Gasteiger partial charge in [0.15, 0.2) is 17.3 Å². The predicted octanol–water partition coefficient (Wildman–Crippen LogP) is 4.23. The molecule has 12 heteroatoms. The molecule has 1 heterocycles. The van der Waals surface area contributed by atoms with E-state index in [1.807, 2.05) is 0 Å². The van der Waals surface area contributed by atoms with Crippen LogP contribution in [0.4, 0.5) is 22.0 Å². The van der Waals surface area contributed by atoms with Crippen LogP contribution in [0.5, 0.6) is 0 Å². The third-order valence-corrected chi connectivity index (χ3v) is 4.34. The summed E-state index contributed by atoms with van der Waals surface area (Å²) in [6.45, 7) is 1.39. The molecular weight excluding hydrogens is 435 g/mol. The van der Waals surface area contributed by atoms with Crippen LogP contribution in [0.15, 0.2) is 30.3 Å². The summed E-state index contributed by atoms with van der Waals surface area (Å²) in [5.74, 6) is -3.51. The summed E-state index contributed by atoms with van der Waals surface area (Å²) in [6, 6.07) is 4.24. The van der Waals surface area contributed by atoms with Gasteiger partial charge in [0.1, 0.15) is 5.52 Å². The first-order valence-corrected chi connectivity index (χ1v) is 8.67. The summed E-state index contributed by atoms with van der Waals surface area (Å²) in [6.07, 6.45) is -4.78. The third kappa shape index (κ3) is 3.92. The average molecular weight is 447 g/mol. The van der Waals surface area contributed by atoms with Crippen LogP contribution in [-0.4, -0.2) is 27.6 Å². The lowest BCUT2D eigenvalue weighted by Crippen LogP contribution is -2.19. The van der Waals surface area contributed by atoms with Gasteiger partial charge in [0.25, 0.3) is 0 Å². The number of alkyl halides is 3. The molecule has 0 bridgehead atoms. The Kier molecular flexibility index (Phi) is 5.66. The highest BCUT2D eigenvalue weighted by Gasteiger charge is 2.34. The molecule has 0 atom stereocenters. The number of benzene rings is 2. The van der Waals surface area contributed by atoms with Gasteiger partial charge in [0, 0.05) is 17.7 Å². The monoisotopic (exact) mass is 446 g/mol. The second kappa shape index (κ2) is 7.90. The average Bonchev–Trinajstić information content (AvgIpc) is 3.04. The molecule has 3 rings (SSSR count). The molecular formula is C18H12ClF5N4O2. The molecule has 2 N–H and O–H groups in total. The van der Waals surface area contributed by atoms with E-state index in [0.717, 1.165) is 28.9 Å². The molecule has 0 amide bonds. The van der Waals surface area contributed by atoms with Crippen LogP contribution in [0.2, 0.25) is 5.02 Å². The van der Waals surface area contributed by atoms with E-state index in [2.05, 4.69) is 10.3 Å². The molecule has 0 aliphatic rings. The molecule has 6 nitrogen and oxygen atoms in total. The molecule has 0 saturated carbocycles. The SMILES string of the molecule is CCOC(=O)/C(=C(\N)c1ccc(Cl)c(C(F)(F)F)c1)n1nnc2cc(F)c(F)cc21. The van der Waals surface area contributed by atoms with E-state index in [0.29, 0.717) is 6.07 Å². The highest BCUT2D eigenvalue weighted by molar-refractivity contribution is 6.31. The van der Waals surface area contributed by atoms with Crippen LogP contribution >= 0.6 is 11.6 Å². The minimum Gasteiger partial charge on any atom is -0.461 e. The minimum atomic E-state index is -4.78. The number of esters is 1. The molecule has 158 valence electrons. The van der Waals surface area contributed by atoms with E-state index in [1.54, 1.807) is 0 Å². The van der Waals surface area contributed by atoms with E-state index in [4.69, 9.17) is 22.1 Å². The number of carbonyl (C=O) groups is 1. The molecule has 0 radical (unpaired) electrons. The number of aromatic nitrogens is 3. The molecule has 3 aromatic rings. The highest BCUT2D eigenvalue weighted by Crippen LogP contribution is 2.36. The Morgan fingerprint density at radius 2 is 1.87 bits per heavy atom. The lowest BCUT2D eigenvalue weighted by molar-refractivity contribution is -0.137. The number of ether oxygens (including phenoxy) is 1. The second-order valence-electron chi connectivity index (χ2n) is 5.93. The normalized spacial score (nSPS) is 12.8. The summed E-state index contributed by atoms with van der Waals surface area (Å²) in [4.78, 5) is 12.5. The zero-order chi connectivity index (χ0) is 22.2. The first kappa shape index (κ1) is 21.5. The number of fused-ring (bicyclic) bond motifs is 1. The van der Waals surface area contributed by atoms with Crippen LogP contribution in [0.3, 0.4) is 0 Å². The summed E-state index contributed by atoms with van der Waals surface area (Å²) in [7, 11) is 0. The summed E-state index contributed by atoms with van der Waals surface area (Å²) in [5.41, 5.74) is 3.34. The van der Waals surface area contributed by atoms with Crippen molar-refractivity contribution in [2.45, 2.75) is 13.1 Å². The van der Waals surface area contributed by atoms with E-state index < -0.39 is 45.8 Å². The smallest absolute Gasteiger partial charge is 0.417 e. The number of halogens is 6. The molecule has 30 heavy (non-hydrogen) atoms. The molecule has 0 fully saturated rings. The quantitative estimate of drug-likeness (QED) is 0.368. The lowest BCUT2D eigenvalue weighted by Gasteiger charge is -2.14. The van der Waals surface area contributed by atoms with Crippen LogP contribution in [0.25, 0.3) is 22.4 Å². The van der Waals surface area contributed by atoms with E-state index >= 15 is 0 Å². The molecule has 2 aromatic carbocycles. The van der Waals surface area contributed by atoms with Gasteiger partial charge in [-0.3, -0.25) is 0 Å². The number of nitrogens with zero attached hydrogens (tertiary/aromatic N) is 3.